The lowest BCUT2D eigenvalue weighted by Crippen LogP contribution is -2.42. The Morgan fingerprint density at radius 3 is 2.74 bits per heavy atom. The first-order valence-electron chi connectivity index (χ1n) is 7.56. The van der Waals surface area contributed by atoms with Crippen LogP contribution in [-0.4, -0.2) is 30.4 Å². The van der Waals surface area contributed by atoms with Crippen molar-refractivity contribution >= 4 is 23.3 Å². The molecule has 2 heterocycles. The number of nitrogens with zero attached hydrogens (tertiary/aromatic N) is 1. The molecule has 1 aliphatic rings. The van der Waals surface area contributed by atoms with E-state index >= 15 is 0 Å². The van der Waals surface area contributed by atoms with Crippen LogP contribution in [0.2, 0.25) is 0 Å². The molecule has 0 spiro atoms. The molecule has 1 aromatic carbocycles. The van der Waals surface area contributed by atoms with E-state index in [1.807, 2.05) is 17.0 Å². The monoisotopic (exact) mass is 329 g/mol. The molecule has 3 rings (SSSR count). The second-order valence-corrected chi connectivity index (χ2v) is 6.48. The first kappa shape index (κ1) is 15.6. The van der Waals surface area contributed by atoms with Gasteiger partial charge in [-0.3, -0.25) is 4.79 Å². The fourth-order valence-electron chi connectivity index (χ4n) is 2.63. The number of hydrogen-bond donors (Lipinski definition) is 2. The first-order valence-corrected chi connectivity index (χ1v) is 8.44. The van der Waals surface area contributed by atoms with Gasteiger partial charge in [-0.25, -0.2) is 4.79 Å². The van der Waals surface area contributed by atoms with Crippen LogP contribution in [0.5, 0.6) is 0 Å². The molecule has 1 aromatic heterocycles. The minimum atomic E-state index is -0.111. The fourth-order valence-corrected chi connectivity index (χ4v) is 3.52. The van der Waals surface area contributed by atoms with Crippen LogP contribution >= 0.6 is 11.3 Å². The van der Waals surface area contributed by atoms with Gasteiger partial charge >= 0.3 is 6.03 Å². The Labute approximate surface area is 139 Å². The average Bonchev–Trinajstić information content (AvgIpc) is 3.07. The molecule has 0 unspecified atom stereocenters. The third-order valence-corrected chi connectivity index (χ3v) is 5.00. The molecule has 3 amide bonds. The number of nitrogens with one attached hydrogen (secondary N) is 2. The Bertz CT molecular complexity index is 709. The van der Waals surface area contributed by atoms with Gasteiger partial charge in [0.1, 0.15) is 0 Å². The van der Waals surface area contributed by atoms with Gasteiger partial charge in [0.05, 0.1) is 0 Å². The zero-order valence-corrected chi connectivity index (χ0v) is 13.8. The lowest BCUT2D eigenvalue weighted by molar-refractivity contribution is 0.0963. The second kappa shape index (κ2) is 6.83. The third kappa shape index (κ3) is 3.53. The molecule has 2 aromatic rings. The summed E-state index contributed by atoms with van der Waals surface area (Å²) >= 11 is 1.76. The van der Waals surface area contributed by atoms with Gasteiger partial charge in [-0.2, -0.15) is 0 Å². The van der Waals surface area contributed by atoms with E-state index in [0.29, 0.717) is 18.7 Å². The highest BCUT2D eigenvalue weighted by molar-refractivity contribution is 7.10. The van der Waals surface area contributed by atoms with Gasteiger partial charge < -0.3 is 15.5 Å². The van der Waals surface area contributed by atoms with Gasteiger partial charge in [-0.05, 0) is 41.1 Å². The maximum atomic E-state index is 12.3. The van der Waals surface area contributed by atoms with Crippen molar-refractivity contribution in [1.29, 1.82) is 0 Å². The number of thiophene rings is 1. The predicted molar refractivity (Wildman–Crippen MR) is 90.5 cm³/mol. The number of fused-ring (bicyclic) bond motifs is 1. The van der Waals surface area contributed by atoms with Gasteiger partial charge in [-0.1, -0.05) is 12.1 Å². The van der Waals surface area contributed by atoms with Crippen LogP contribution in [0, 0.1) is 0 Å². The van der Waals surface area contributed by atoms with Crippen molar-refractivity contribution in [2.45, 2.75) is 19.5 Å². The summed E-state index contributed by atoms with van der Waals surface area (Å²) in [6.45, 7) is 1.90. The number of benzene rings is 1. The Kier molecular flexibility index (Phi) is 4.62. The highest BCUT2D eigenvalue weighted by atomic mass is 32.1. The van der Waals surface area contributed by atoms with Gasteiger partial charge in [0.15, 0.2) is 0 Å². The van der Waals surface area contributed by atoms with Gasteiger partial charge in [-0.15, -0.1) is 11.3 Å². The molecule has 0 aliphatic carbocycles. The minimum absolute atomic E-state index is 0.0442. The lowest BCUT2D eigenvalue weighted by atomic mass is 10.1. The van der Waals surface area contributed by atoms with Gasteiger partial charge in [0.25, 0.3) is 5.91 Å². The average molecular weight is 329 g/mol. The van der Waals surface area contributed by atoms with Gasteiger partial charge in [0.2, 0.25) is 0 Å². The number of urea groups is 1. The molecule has 2 N–H and O–H groups in total. The van der Waals surface area contributed by atoms with Crippen LogP contribution in [0.1, 0.15) is 26.4 Å². The van der Waals surface area contributed by atoms with Crippen LogP contribution in [0.25, 0.3) is 0 Å². The second-order valence-electron chi connectivity index (χ2n) is 5.48. The molecule has 0 fully saturated rings. The number of carbonyl (C=O) groups excluding carboxylic acids is 2. The number of hydrogen-bond acceptors (Lipinski definition) is 3. The van der Waals surface area contributed by atoms with Crippen LogP contribution in [0.4, 0.5) is 4.79 Å². The first-order chi connectivity index (χ1) is 11.2. The summed E-state index contributed by atoms with van der Waals surface area (Å²) in [7, 11) is 1.61. The quantitative estimate of drug-likeness (QED) is 0.908. The van der Waals surface area contributed by atoms with E-state index in [-0.39, 0.29) is 11.9 Å². The van der Waals surface area contributed by atoms with E-state index in [1.165, 1.54) is 10.4 Å². The summed E-state index contributed by atoms with van der Waals surface area (Å²) < 4.78 is 0. The normalized spacial score (nSPS) is 13.3. The topological polar surface area (TPSA) is 61.4 Å². The third-order valence-electron chi connectivity index (χ3n) is 3.98. The van der Waals surface area contributed by atoms with Gasteiger partial charge in [0, 0.05) is 37.1 Å². The molecule has 0 saturated carbocycles. The fraction of sp³-hybridized carbons (Fsp3) is 0.294. The summed E-state index contributed by atoms with van der Waals surface area (Å²) in [5.74, 6) is -0.111. The molecule has 0 radical (unpaired) electrons. The molecule has 6 heteroatoms. The van der Waals surface area contributed by atoms with Crippen molar-refractivity contribution in [2.24, 2.45) is 0 Å². The van der Waals surface area contributed by atoms with Crippen molar-refractivity contribution in [3.63, 3.8) is 0 Å². The van der Waals surface area contributed by atoms with Crippen LogP contribution in [0.15, 0.2) is 35.7 Å². The Balaban J connectivity index is 1.54. The Morgan fingerprint density at radius 2 is 2.00 bits per heavy atom. The maximum absolute atomic E-state index is 12.3. The predicted octanol–water partition coefficient (Wildman–Crippen LogP) is 2.38. The van der Waals surface area contributed by atoms with E-state index in [0.717, 1.165) is 18.5 Å². The summed E-state index contributed by atoms with van der Waals surface area (Å²) in [5, 5.41) is 7.61. The number of carbonyl (C=O) groups is 2. The van der Waals surface area contributed by atoms with Crippen LogP contribution in [0.3, 0.4) is 0 Å². The zero-order chi connectivity index (χ0) is 16.2. The molecule has 120 valence electrons. The lowest BCUT2D eigenvalue weighted by Gasteiger charge is -2.27. The van der Waals surface area contributed by atoms with E-state index in [9.17, 15) is 9.59 Å². The van der Waals surface area contributed by atoms with Crippen molar-refractivity contribution in [3.8, 4) is 0 Å². The Hall–Kier alpha value is -2.34. The molecule has 5 nitrogen and oxygen atoms in total. The molecule has 0 atom stereocenters. The van der Waals surface area contributed by atoms with E-state index in [1.54, 1.807) is 30.5 Å². The van der Waals surface area contributed by atoms with Crippen molar-refractivity contribution in [3.05, 3.63) is 57.3 Å². The molecular formula is C17H19N3O2S. The number of amides is 3. The molecular weight excluding hydrogens is 310 g/mol. The molecule has 1 aliphatic heterocycles. The van der Waals surface area contributed by atoms with E-state index in [2.05, 4.69) is 22.1 Å². The minimum Gasteiger partial charge on any atom is -0.355 e. The van der Waals surface area contributed by atoms with E-state index in [4.69, 9.17) is 0 Å². The molecule has 0 bridgehead atoms. The number of rotatable bonds is 3. The standard InChI is InChI=1S/C17H19N3O2S/c1-18-16(21)13-4-2-12(3-5-13)10-19-17(22)20-8-6-15-14(11-20)7-9-23-15/h2-5,7,9H,6,8,10-11H2,1H3,(H,18,21)(H,19,22). The van der Waals surface area contributed by atoms with Crippen molar-refractivity contribution in [1.82, 2.24) is 15.5 Å². The molecule has 0 saturated heterocycles. The Morgan fingerprint density at radius 1 is 1.22 bits per heavy atom. The highest BCUT2D eigenvalue weighted by Crippen LogP contribution is 2.23. The summed E-state index contributed by atoms with van der Waals surface area (Å²) in [4.78, 5) is 27.0. The SMILES string of the molecule is CNC(=O)c1ccc(CNC(=O)N2CCc3sccc3C2)cc1. The van der Waals surface area contributed by atoms with Crippen LogP contribution in [-0.2, 0) is 19.5 Å². The van der Waals surface area contributed by atoms with Crippen molar-refractivity contribution in [2.75, 3.05) is 13.6 Å². The zero-order valence-electron chi connectivity index (χ0n) is 13.0. The summed E-state index contributed by atoms with van der Waals surface area (Å²) in [6.07, 6.45) is 0.932. The highest BCUT2D eigenvalue weighted by Gasteiger charge is 2.21. The summed E-state index contributed by atoms with van der Waals surface area (Å²) in [6, 6.07) is 9.29. The van der Waals surface area contributed by atoms with Crippen molar-refractivity contribution < 1.29 is 9.59 Å². The molecule has 23 heavy (non-hydrogen) atoms. The smallest absolute Gasteiger partial charge is 0.317 e. The summed E-state index contributed by atoms with van der Waals surface area (Å²) in [5.41, 5.74) is 2.84. The maximum Gasteiger partial charge on any atom is 0.317 e. The van der Waals surface area contributed by atoms with Crippen LogP contribution < -0.4 is 10.6 Å². The largest absolute Gasteiger partial charge is 0.355 e. The van der Waals surface area contributed by atoms with E-state index < -0.39 is 0 Å².